The number of aromatic nitrogens is 1. The summed E-state index contributed by atoms with van der Waals surface area (Å²) in [6.07, 6.45) is 4.51. The van der Waals surface area contributed by atoms with Gasteiger partial charge < -0.3 is 4.74 Å². The Labute approximate surface area is 60.9 Å². The highest BCUT2D eigenvalue weighted by molar-refractivity contribution is 5.33. The Kier molecular flexibility index (Phi) is 1.90. The van der Waals surface area contributed by atoms with E-state index in [0.717, 1.165) is 16.9 Å². The Hall–Kier alpha value is -1.05. The second-order valence-electron chi connectivity index (χ2n) is 2.19. The van der Waals surface area contributed by atoms with Gasteiger partial charge >= 0.3 is 0 Å². The van der Waals surface area contributed by atoms with Crippen LogP contribution in [0.3, 0.4) is 0 Å². The van der Waals surface area contributed by atoms with Crippen LogP contribution in [0, 0.1) is 20.0 Å². The van der Waals surface area contributed by atoms with E-state index in [1.807, 2.05) is 13.8 Å². The van der Waals surface area contributed by atoms with Crippen LogP contribution in [0.5, 0.6) is 5.75 Å². The topological polar surface area (TPSA) is 22.1 Å². The van der Waals surface area contributed by atoms with Crippen LogP contribution in [0.25, 0.3) is 0 Å². The first kappa shape index (κ1) is 7.06. The Morgan fingerprint density at radius 3 is 2.70 bits per heavy atom. The molecule has 1 aromatic rings. The second-order valence-corrected chi connectivity index (χ2v) is 2.19. The van der Waals surface area contributed by atoms with Crippen molar-refractivity contribution in [1.82, 2.24) is 4.98 Å². The van der Waals surface area contributed by atoms with E-state index in [1.54, 1.807) is 13.3 Å². The molecule has 0 atom stereocenters. The number of pyridine rings is 1. The molecule has 0 aliphatic rings. The summed E-state index contributed by atoms with van der Waals surface area (Å²) >= 11 is 0. The van der Waals surface area contributed by atoms with Gasteiger partial charge in [0.1, 0.15) is 5.75 Å². The minimum absolute atomic E-state index is 0.830. The van der Waals surface area contributed by atoms with Crippen molar-refractivity contribution in [3.63, 3.8) is 0 Å². The maximum Gasteiger partial charge on any atom is 0.140 e. The van der Waals surface area contributed by atoms with Crippen LogP contribution in [0.4, 0.5) is 0 Å². The first-order valence-electron chi connectivity index (χ1n) is 3.13. The monoisotopic (exact) mass is 136 g/mol. The molecule has 53 valence electrons. The van der Waals surface area contributed by atoms with Gasteiger partial charge in [0.25, 0.3) is 0 Å². The van der Waals surface area contributed by atoms with Gasteiger partial charge in [-0.1, -0.05) is 0 Å². The van der Waals surface area contributed by atoms with E-state index in [4.69, 9.17) is 4.74 Å². The van der Waals surface area contributed by atoms with Gasteiger partial charge in [-0.15, -0.1) is 0 Å². The maximum absolute atomic E-state index is 5.04. The fourth-order valence-electron chi connectivity index (χ4n) is 0.759. The van der Waals surface area contributed by atoms with E-state index < -0.39 is 0 Å². The summed E-state index contributed by atoms with van der Waals surface area (Å²) < 4.78 is 5.04. The van der Waals surface area contributed by atoms with E-state index in [2.05, 4.69) is 11.2 Å². The van der Waals surface area contributed by atoms with E-state index in [-0.39, 0.29) is 0 Å². The smallest absolute Gasteiger partial charge is 0.140 e. The molecule has 2 heteroatoms. The van der Waals surface area contributed by atoms with Gasteiger partial charge in [0, 0.05) is 0 Å². The predicted octanol–water partition coefficient (Wildman–Crippen LogP) is 1.51. The van der Waals surface area contributed by atoms with Crippen molar-refractivity contribution in [2.75, 3.05) is 7.11 Å². The lowest BCUT2D eigenvalue weighted by molar-refractivity contribution is 0.409. The summed E-state index contributed by atoms with van der Waals surface area (Å²) in [5, 5.41) is 0. The molecule has 0 amide bonds. The van der Waals surface area contributed by atoms with Crippen molar-refractivity contribution < 1.29 is 4.74 Å². The molecule has 0 saturated carbocycles. The Balaban J connectivity index is 3.14. The third-order valence-corrected chi connectivity index (χ3v) is 1.57. The SMILES string of the molecule is COc1cn[c]c(C)c1C. The third kappa shape index (κ3) is 1.10. The Bertz CT molecular complexity index is 233. The number of hydrogen-bond acceptors (Lipinski definition) is 2. The molecule has 0 fully saturated rings. The summed E-state index contributed by atoms with van der Waals surface area (Å²) in [6.45, 7) is 3.96. The highest BCUT2D eigenvalue weighted by Gasteiger charge is 1.99. The van der Waals surface area contributed by atoms with Crippen LogP contribution in [-0.2, 0) is 0 Å². The van der Waals surface area contributed by atoms with Crippen molar-refractivity contribution in [2.45, 2.75) is 13.8 Å². The van der Waals surface area contributed by atoms with Gasteiger partial charge in [0.2, 0.25) is 0 Å². The molecular formula is C8H10NO. The van der Waals surface area contributed by atoms with E-state index >= 15 is 0 Å². The number of ether oxygens (including phenoxy) is 1. The van der Waals surface area contributed by atoms with Gasteiger partial charge in [0.15, 0.2) is 0 Å². The van der Waals surface area contributed by atoms with Crippen molar-refractivity contribution in [3.8, 4) is 5.75 Å². The lowest BCUT2D eigenvalue weighted by Crippen LogP contribution is -1.90. The number of methoxy groups -OCH3 is 1. The molecule has 0 aliphatic heterocycles. The van der Waals surface area contributed by atoms with Crippen LogP contribution < -0.4 is 4.74 Å². The van der Waals surface area contributed by atoms with Crippen molar-refractivity contribution in [3.05, 3.63) is 23.5 Å². The summed E-state index contributed by atoms with van der Waals surface area (Å²) in [7, 11) is 1.64. The molecule has 2 nitrogen and oxygen atoms in total. The largest absolute Gasteiger partial charge is 0.495 e. The molecule has 0 spiro atoms. The fourth-order valence-corrected chi connectivity index (χ4v) is 0.759. The Morgan fingerprint density at radius 2 is 2.20 bits per heavy atom. The van der Waals surface area contributed by atoms with Gasteiger partial charge in [-0.05, 0) is 25.0 Å². The predicted molar refractivity (Wildman–Crippen MR) is 39.1 cm³/mol. The van der Waals surface area contributed by atoms with E-state index in [0.29, 0.717) is 0 Å². The zero-order valence-electron chi connectivity index (χ0n) is 6.43. The van der Waals surface area contributed by atoms with Gasteiger partial charge in [-0.25, -0.2) is 0 Å². The van der Waals surface area contributed by atoms with Crippen LogP contribution in [-0.4, -0.2) is 12.1 Å². The van der Waals surface area contributed by atoms with E-state index in [9.17, 15) is 0 Å². The normalized spacial score (nSPS) is 9.50. The molecule has 1 aromatic heterocycles. The van der Waals surface area contributed by atoms with Crippen LogP contribution in [0.15, 0.2) is 6.20 Å². The summed E-state index contributed by atoms with van der Waals surface area (Å²) in [5.41, 5.74) is 2.15. The fraction of sp³-hybridized carbons (Fsp3) is 0.375. The molecule has 0 aliphatic carbocycles. The van der Waals surface area contributed by atoms with Gasteiger partial charge in [-0.3, -0.25) is 4.98 Å². The standard InChI is InChI=1S/C8H10NO/c1-6-4-9-5-8(10-3)7(6)2/h5H,1-3H3. The molecular weight excluding hydrogens is 126 g/mol. The molecule has 0 bridgehead atoms. The molecule has 1 rings (SSSR count). The maximum atomic E-state index is 5.04. The minimum Gasteiger partial charge on any atom is -0.495 e. The van der Waals surface area contributed by atoms with Crippen LogP contribution in [0.1, 0.15) is 11.1 Å². The molecule has 1 radical (unpaired) electrons. The molecule has 0 unspecified atom stereocenters. The molecule has 0 saturated heterocycles. The van der Waals surface area contributed by atoms with Crippen molar-refractivity contribution >= 4 is 0 Å². The molecule has 0 N–H and O–H groups in total. The van der Waals surface area contributed by atoms with Crippen molar-refractivity contribution in [1.29, 1.82) is 0 Å². The summed E-state index contributed by atoms with van der Waals surface area (Å²) in [5.74, 6) is 0.830. The second kappa shape index (κ2) is 2.69. The molecule has 1 heterocycles. The van der Waals surface area contributed by atoms with Crippen LogP contribution in [0.2, 0.25) is 0 Å². The number of rotatable bonds is 1. The highest BCUT2D eigenvalue weighted by Crippen LogP contribution is 2.17. The first-order chi connectivity index (χ1) is 4.75. The third-order valence-electron chi connectivity index (χ3n) is 1.57. The van der Waals surface area contributed by atoms with E-state index in [1.165, 1.54) is 0 Å². The summed E-state index contributed by atoms with van der Waals surface area (Å²) in [4.78, 5) is 3.87. The molecule has 10 heavy (non-hydrogen) atoms. The highest BCUT2D eigenvalue weighted by atomic mass is 16.5. The quantitative estimate of drug-likeness (QED) is 0.583. The lowest BCUT2D eigenvalue weighted by Gasteiger charge is -2.03. The Morgan fingerprint density at radius 1 is 1.50 bits per heavy atom. The average Bonchev–Trinajstić information content (AvgIpc) is 1.95. The first-order valence-corrected chi connectivity index (χ1v) is 3.13. The van der Waals surface area contributed by atoms with Gasteiger partial charge in [-0.2, -0.15) is 0 Å². The molecule has 0 aromatic carbocycles. The van der Waals surface area contributed by atoms with Crippen molar-refractivity contribution in [2.24, 2.45) is 0 Å². The van der Waals surface area contributed by atoms with Crippen LogP contribution >= 0.6 is 0 Å². The zero-order valence-corrected chi connectivity index (χ0v) is 6.43. The minimum atomic E-state index is 0.830. The number of hydrogen-bond donors (Lipinski definition) is 0. The average molecular weight is 136 g/mol. The zero-order chi connectivity index (χ0) is 7.56. The van der Waals surface area contributed by atoms with Gasteiger partial charge in [0.05, 0.1) is 19.5 Å². The summed E-state index contributed by atoms with van der Waals surface area (Å²) in [6, 6.07) is 0. The lowest BCUT2D eigenvalue weighted by atomic mass is 10.2. The number of nitrogens with zero attached hydrogens (tertiary/aromatic N) is 1. The number of aryl methyl sites for hydroxylation is 1.